The average Bonchev–Trinajstić information content (AvgIpc) is 3.46. The van der Waals surface area contributed by atoms with Gasteiger partial charge in [0.25, 0.3) is 0 Å². The van der Waals surface area contributed by atoms with E-state index >= 15 is 0 Å². The third kappa shape index (κ3) is 13.8. The largest absolute Gasteiger partial charge is 0.301 e. The van der Waals surface area contributed by atoms with Crippen molar-refractivity contribution in [1.82, 2.24) is 29.4 Å². The van der Waals surface area contributed by atoms with Crippen molar-refractivity contribution < 1.29 is 0 Å². The fraction of sp³-hybridized carbons (Fsp3) is 1.00. The lowest BCUT2D eigenvalue weighted by Crippen LogP contribution is -2.55. The summed E-state index contributed by atoms with van der Waals surface area (Å²) in [5.74, 6) is 1.84. The first-order valence-electron chi connectivity index (χ1n) is 18.5. The van der Waals surface area contributed by atoms with Gasteiger partial charge in [-0.15, -0.1) is 0 Å². The number of hydrogen-bond donors (Lipinski definition) is 0. The van der Waals surface area contributed by atoms with E-state index in [1.807, 2.05) is 27.7 Å². The Morgan fingerprint density at radius 3 is 1.31 bits per heavy atom. The SMILES string of the molecule is CC.CC.CC(C)N1CCC(CN2CCN(C(C)C)C[C@H]2C)CC1.CC(C)N1CCN(C[C@@H]2CCN(C(C)C)C2)CC1. The highest BCUT2D eigenvalue weighted by molar-refractivity contribution is 4.85. The van der Waals surface area contributed by atoms with E-state index in [9.17, 15) is 0 Å². The molecule has 4 saturated heterocycles. The number of rotatable bonds is 8. The van der Waals surface area contributed by atoms with Gasteiger partial charge in [-0.25, -0.2) is 0 Å². The second kappa shape index (κ2) is 21.5. The molecule has 4 heterocycles. The monoisotopic (exact) mass is 595 g/mol. The van der Waals surface area contributed by atoms with E-state index in [2.05, 4.69) is 91.7 Å². The third-order valence-corrected chi connectivity index (χ3v) is 10.1. The maximum Gasteiger partial charge on any atom is 0.0195 e. The first-order chi connectivity index (χ1) is 20.0. The third-order valence-electron chi connectivity index (χ3n) is 10.1. The number of hydrogen-bond acceptors (Lipinski definition) is 6. The fourth-order valence-corrected chi connectivity index (χ4v) is 7.06. The quantitative estimate of drug-likeness (QED) is 0.325. The van der Waals surface area contributed by atoms with Gasteiger partial charge in [-0.1, -0.05) is 27.7 Å². The molecular weight excluding hydrogens is 516 g/mol. The summed E-state index contributed by atoms with van der Waals surface area (Å²) in [5, 5.41) is 0. The molecule has 0 aromatic rings. The first kappa shape index (κ1) is 39.8. The van der Waals surface area contributed by atoms with Gasteiger partial charge < -0.3 is 14.7 Å². The summed E-state index contributed by atoms with van der Waals surface area (Å²) in [6.45, 7) is 45.7. The molecule has 6 heteroatoms. The molecular formula is C36H78N6. The van der Waals surface area contributed by atoms with Crippen LogP contribution < -0.4 is 0 Å². The van der Waals surface area contributed by atoms with Crippen LogP contribution in [0.5, 0.6) is 0 Å². The Morgan fingerprint density at radius 1 is 0.452 bits per heavy atom. The Morgan fingerprint density at radius 2 is 0.857 bits per heavy atom. The Balaban J connectivity index is 0.000000377. The molecule has 0 amide bonds. The number of piperidine rings is 1. The molecule has 4 aliphatic rings. The number of likely N-dealkylation sites (tertiary alicyclic amines) is 2. The zero-order chi connectivity index (χ0) is 31.8. The predicted molar refractivity (Wildman–Crippen MR) is 188 cm³/mol. The van der Waals surface area contributed by atoms with Gasteiger partial charge in [0.2, 0.25) is 0 Å². The summed E-state index contributed by atoms with van der Waals surface area (Å²) >= 11 is 0. The normalized spacial score (nSPS) is 26.2. The summed E-state index contributed by atoms with van der Waals surface area (Å²) in [6.07, 6.45) is 4.20. The van der Waals surface area contributed by atoms with Crippen molar-refractivity contribution in [3.05, 3.63) is 0 Å². The van der Waals surface area contributed by atoms with Crippen LogP contribution in [-0.2, 0) is 0 Å². The van der Waals surface area contributed by atoms with Crippen LogP contribution in [0.4, 0.5) is 0 Å². The van der Waals surface area contributed by atoms with Gasteiger partial charge in [0.05, 0.1) is 0 Å². The van der Waals surface area contributed by atoms with Crippen LogP contribution in [0.3, 0.4) is 0 Å². The summed E-state index contributed by atoms with van der Waals surface area (Å²) in [4.78, 5) is 15.9. The number of nitrogens with zero attached hydrogens (tertiary/aromatic N) is 6. The standard InChI is InChI=1S/C17H35N3.C15H31N3.2C2H6/c1-14(2)18-8-6-17(7-9-18)13-20-11-10-19(15(3)4)12-16(20)5;1-13(2)17-9-7-16(8-10-17)11-15-5-6-18(12-15)14(3)4;2*1-2/h14-17H,6-13H2,1-5H3;13-15H,5-12H2,1-4H3;2*1-2H3/t16-;15-;;/m10../s1. The molecule has 0 bridgehead atoms. The van der Waals surface area contributed by atoms with Gasteiger partial charge in [0.15, 0.2) is 0 Å². The summed E-state index contributed by atoms with van der Waals surface area (Å²) < 4.78 is 0. The summed E-state index contributed by atoms with van der Waals surface area (Å²) in [6, 6.07) is 3.61. The smallest absolute Gasteiger partial charge is 0.0195 e. The van der Waals surface area contributed by atoms with Crippen molar-refractivity contribution in [3.63, 3.8) is 0 Å². The van der Waals surface area contributed by atoms with Crippen molar-refractivity contribution in [2.45, 2.75) is 139 Å². The minimum absolute atomic E-state index is 0.703. The maximum absolute atomic E-state index is 2.74. The van der Waals surface area contributed by atoms with E-state index in [-0.39, 0.29) is 0 Å². The molecule has 0 saturated carbocycles. The van der Waals surface area contributed by atoms with Gasteiger partial charge in [0.1, 0.15) is 0 Å². The zero-order valence-electron chi connectivity index (χ0n) is 31.0. The van der Waals surface area contributed by atoms with E-state index in [0.717, 1.165) is 36.0 Å². The highest BCUT2D eigenvalue weighted by Crippen LogP contribution is 2.23. The first-order valence-corrected chi connectivity index (χ1v) is 18.5. The lowest BCUT2D eigenvalue weighted by atomic mass is 9.94. The molecule has 4 fully saturated rings. The van der Waals surface area contributed by atoms with Crippen molar-refractivity contribution >= 4 is 0 Å². The molecule has 2 atom stereocenters. The van der Waals surface area contributed by atoms with Gasteiger partial charge >= 0.3 is 0 Å². The van der Waals surface area contributed by atoms with Crippen LogP contribution in [-0.4, -0.2) is 145 Å². The van der Waals surface area contributed by atoms with Crippen LogP contribution in [0.15, 0.2) is 0 Å². The van der Waals surface area contributed by atoms with Crippen LogP contribution in [0, 0.1) is 11.8 Å². The molecule has 4 aliphatic heterocycles. The van der Waals surface area contributed by atoms with E-state index in [4.69, 9.17) is 0 Å². The average molecular weight is 595 g/mol. The van der Waals surface area contributed by atoms with Gasteiger partial charge in [-0.05, 0) is 113 Å². The van der Waals surface area contributed by atoms with Gasteiger partial charge in [-0.3, -0.25) is 14.7 Å². The van der Waals surface area contributed by atoms with E-state index in [1.165, 1.54) is 104 Å². The molecule has 0 aromatic carbocycles. The Bertz CT molecular complexity index is 637. The molecule has 0 unspecified atom stereocenters. The molecule has 0 radical (unpaired) electrons. The Labute approximate surface area is 265 Å². The Kier molecular flexibility index (Phi) is 20.4. The Hall–Kier alpha value is -0.240. The van der Waals surface area contributed by atoms with Gasteiger partial charge in [-0.2, -0.15) is 0 Å². The maximum atomic E-state index is 2.74. The number of piperazine rings is 2. The lowest BCUT2D eigenvalue weighted by Gasteiger charge is -2.44. The second-order valence-electron chi connectivity index (χ2n) is 14.2. The molecule has 0 spiro atoms. The van der Waals surface area contributed by atoms with Crippen LogP contribution in [0.25, 0.3) is 0 Å². The zero-order valence-corrected chi connectivity index (χ0v) is 31.0. The summed E-state index contributed by atoms with van der Waals surface area (Å²) in [7, 11) is 0. The molecule has 252 valence electrons. The van der Waals surface area contributed by atoms with E-state index < -0.39 is 0 Å². The highest BCUT2D eigenvalue weighted by Gasteiger charge is 2.29. The molecule has 0 aliphatic carbocycles. The van der Waals surface area contributed by atoms with Crippen molar-refractivity contribution in [3.8, 4) is 0 Å². The lowest BCUT2D eigenvalue weighted by molar-refractivity contribution is 0.0409. The van der Waals surface area contributed by atoms with Crippen molar-refractivity contribution in [2.75, 3.05) is 85.1 Å². The molecule has 42 heavy (non-hydrogen) atoms. The van der Waals surface area contributed by atoms with Crippen molar-refractivity contribution in [1.29, 1.82) is 0 Å². The van der Waals surface area contributed by atoms with E-state index in [0.29, 0.717) is 6.04 Å². The molecule has 0 aromatic heterocycles. The fourth-order valence-electron chi connectivity index (χ4n) is 7.06. The second-order valence-corrected chi connectivity index (χ2v) is 14.2. The molecule has 0 N–H and O–H groups in total. The van der Waals surface area contributed by atoms with Gasteiger partial charge in [0, 0.05) is 95.7 Å². The highest BCUT2D eigenvalue weighted by atomic mass is 15.3. The molecule has 6 nitrogen and oxygen atoms in total. The van der Waals surface area contributed by atoms with Crippen LogP contribution in [0.1, 0.15) is 109 Å². The summed E-state index contributed by atoms with van der Waals surface area (Å²) in [5.41, 5.74) is 0. The van der Waals surface area contributed by atoms with Crippen molar-refractivity contribution in [2.24, 2.45) is 11.8 Å². The molecule has 4 rings (SSSR count). The minimum atomic E-state index is 0.703. The topological polar surface area (TPSA) is 19.4 Å². The van der Waals surface area contributed by atoms with E-state index in [1.54, 1.807) is 0 Å². The minimum Gasteiger partial charge on any atom is -0.301 e. The van der Waals surface area contributed by atoms with Crippen LogP contribution >= 0.6 is 0 Å². The predicted octanol–water partition coefficient (Wildman–Crippen LogP) is 6.32. The van der Waals surface area contributed by atoms with Crippen LogP contribution in [0.2, 0.25) is 0 Å².